The first kappa shape index (κ1) is 23.8. The average molecular weight is 394 g/mol. The molecule has 1 N–H and O–H groups in total. The van der Waals surface area contributed by atoms with Crippen molar-refractivity contribution < 1.29 is 23.8 Å². The summed E-state index contributed by atoms with van der Waals surface area (Å²) in [7, 11) is 0. The van der Waals surface area contributed by atoms with Crippen molar-refractivity contribution in [1.82, 2.24) is 5.32 Å². The second-order valence-corrected chi connectivity index (χ2v) is 7.98. The maximum atomic E-state index is 12.5. The number of hydrogen-bond donors (Lipinski definition) is 1. The summed E-state index contributed by atoms with van der Waals surface area (Å²) in [4.78, 5) is 24.4. The van der Waals surface area contributed by atoms with E-state index >= 15 is 0 Å². The van der Waals surface area contributed by atoms with Crippen LogP contribution in [0.1, 0.15) is 67.2 Å². The molecule has 0 fully saturated rings. The fourth-order valence-corrected chi connectivity index (χ4v) is 2.57. The van der Waals surface area contributed by atoms with E-state index in [0.29, 0.717) is 6.42 Å². The number of amides is 1. The van der Waals surface area contributed by atoms with E-state index in [1.54, 1.807) is 27.7 Å². The Morgan fingerprint density at radius 1 is 1.07 bits per heavy atom. The first-order valence-electron chi connectivity index (χ1n) is 10.0. The van der Waals surface area contributed by atoms with Crippen molar-refractivity contribution in [2.45, 2.75) is 91.1 Å². The number of esters is 1. The first-order chi connectivity index (χ1) is 13.1. The molecule has 0 aliphatic rings. The Labute approximate surface area is 168 Å². The topological polar surface area (TPSA) is 73.9 Å². The Hall–Kier alpha value is -2.24. The highest BCUT2D eigenvalue weighted by Crippen LogP contribution is 2.18. The molecule has 0 bridgehead atoms. The maximum Gasteiger partial charge on any atom is 0.408 e. The molecule has 6 nitrogen and oxygen atoms in total. The molecule has 1 aromatic carbocycles. The van der Waals surface area contributed by atoms with Gasteiger partial charge in [-0.1, -0.05) is 38.0 Å². The Morgan fingerprint density at radius 2 is 1.71 bits per heavy atom. The van der Waals surface area contributed by atoms with E-state index in [9.17, 15) is 9.59 Å². The lowest BCUT2D eigenvalue weighted by Gasteiger charge is -2.27. The molecule has 3 atom stereocenters. The number of rotatable bonds is 10. The fourth-order valence-electron chi connectivity index (χ4n) is 2.57. The summed E-state index contributed by atoms with van der Waals surface area (Å²) in [6.45, 7) is 10.9. The summed E-state index contributed by atoms with van der Waals surface area (Å²) in [5, 5.41) is 2.52. The molecular formula is C22H35NO5. The summed E-state index contributed by atoms with van der Waals surface area (Å²) in [6.07, 6.45) is 2.41. The van der Waals surface area contributed by atoms with Gasteiger partial charge in [0.2, 0.25) is 0 Å². The molecule has 1 amide bonds. The van der Waals surface area contributed by atoms with Gasteiger partial charge in [0, 0.05) is 0 Å². The van der Waals surface area contributed by atoms with Crippen LogP contribution in [-0.4, -0.2) is 35.9 Å². The number of hydrogen-bond acceptors (Lipinski definition) is 5. The highest BCUT2D eigenvalue weighted by atomic mass is 16.6. The molecule has 0 spiro atoms. The second-order valence-electron chi connectivity index (χ2n) is 7.98. The monoisotopic (exact) mass is 393 g/mol. The number of ether oxygens (including phenoxy) is 3. The molecule has 0 heterocycles. The molecule has 0 aliphatic heterocycles. The Bertz CT molecular complexity index is 597. The van der Waals surface area contributed by atoms with Crippen LogP contribution in [0.2, 0.25) is 0 Å². The van der Waals surface area contributed by atoms with Crippen LogP contribution in [-0.2, 0) is 14.3 Å². The summed E-state index contributed by atoms with van der Waals surface area (Å²) < 4.78 is 16.8. The molecule has 1 aromatic rings. The largest absolute Gasteiger partial charge is 0.487 e. The van der Waals surface area contributed by atoms with Crippen molar-refractivity contribution in [2.75, 3.05) is 0 Å². The van der Waals surface area contributed by atoms with Gasteiger partial charge in [0.25, 0.3) is 0 Å². The average Bonchev–Trinajstić information content (AvgIpc) is 2.59. The molecular weight excluding hydrogens is 358 g/mol. The lowest BCUT2D eigenvalue weighted by atomic mass is 10.1. The van der Waals surface area contributed by atoms with Crippen LogP contribution in [0.5, 0.6) is 5.75 Å². The van der Waals surface area contributed by atoms with Crippen molar-refractivity contribution in [3.63, 3.8) is 0 Å². The summed E-state index contributed by atoms with van der Waals surface area (Å²) in [5.41, 5.74) is -0.631. The number of alkyl carbamates (subject to hydrolysis) is 1. The van der Waals surface area contributed by atoms with Crippen molar-refractivity contribution in [3.8, 4) is 5.75 Å². The van der Waals surface area contributed by atoms with E-state index in [1.807, 2.05) is 37.3 Å². The van der Waals surface area contributed by atoms with E-state index in [2.05, 4.69) is 12.2 Å². The van der Waals surface area contributed by atoms with E-state index in [1.165, 1.54) is 0 Å². The number of benzene rings is 1. The minimum atomic E-state index is -0.813. The molecule has 0 radical (unpaired) electrons. The smallest absolute Gasteiger partial charge is 0.408 e. The molecule has 0 unspecified atom stereocenters. The van der Waals surface area contributed by atoms with Crippen molar-refractivity contribution in [1.29, 1.82) is 0 Å². The standard InChI is InChI=1S/C22H35NO5/c1-7-8-10-15-19(17(3)26-18-13-11-9-12-14-18)27-20(24)16(2)23-21(25)28-22(4,5)6/h9,11-14,16-17,19H,7-8,10,15H2,1-6H3,(H,23,25)/t16-,17-,19-/m0/s1. The highest BCUT2D eigenvalue weighted by molar-refractivity contribution is 5.81. The van der Waals surface area contributed by atoms with E-state index in [4.69, 9.17) is 14.2 Å². The summed E-state index contributed by atoms with van der Waals surface area (Å²) >= 11 is 0. The third-order valence-electron chi connectivity index (χ3n) is 4.04. The molecule has 6 heteroatoms. The van der Waals surface area contributed by atoms with Gasteiger partial charge >= 0.3 is 12.1 Å². The van der Waals surface area contributed by atoms with Crippen molar-refractivity contribution >= 4 is 12.1 Å². The summed E-state index contributed by atoms with van der Waals surface area (Å²) in [5.74, 6) is 0.224. The molecule has 0 saturated heterocycles. The number of carbonyl (C=O) groups excluding carboxylic acids is 2. The van der Waals surface area contributed by atoms with E-state index in [0.717, 1.165) is 25.0 Å². The van der Waals surface area contributed by atoms with Crippen LogP contribution in [0.4, 0.5) is 4.79 Å². The fraction of sp³-hybridized carbons (Fsp3) is 0.636. The van der Waals surface area contributed by atoms with Crippen LogP contribution >= 0.6 is 0 Å². The predicted octanol–water partition coefficient (Wildman–Crippen LogP) is 4.86. The van der Waals surface area contributed by atoms with Gasteiger partial charge < -0.3 is 19.5 Å². The zero-order valence-corrected chi connectivity index (χ0v) is 18.0. The van der Waals surface area contributed by atoms with Crippen molar-refractivity contribution in [3.05, 3.63) is 30.3 Å². The zero-order valence-electron chi connectivity index (χ0n) is 18.0. The first-order valence-corrected chi connectivity index (χ1v) is 10.0. The van der Waals surface area contributed by atoms with Gasteiger partial charge in [-0.3, -0.25) is 0 Å². The van der Waals surface area contributed by atoms with Crippen LogP contribution in [0.3, 0.4) is 0 Å². The number of para-hydroxylation sites is 1. The molecule has 1 rings (SSSR count). The van der Waals surface area contributed by atoms with Crippen LogP contribution in [0, 0.1) is 0 Å². The molecule has 0 aliphatic carbocycles. The minimum Gasteiger partial charge on any atom is -0.487 e. The maximum absolute atomic E-state index is 12.5. The quantitative estimate of drug-likeness (QED) is 0.454. The zero-order chi connectivity index (χ0) is 21.2. The Morgan fingerprint density at radius 3 is 2.29 bits per heavy atom. The Balaban J connectivity index is 2.67. The number of carbonyl (C=O) groups is 2. The van der Waals surface area contributed by atoms with Gasteiger partial charge in [0.15, 0.2) is 0 Å². The van der Waals surface area contributed by atoms with Crippen LogP contribution < -0.4 is 10.1 Å². The van der Waals surface area contributed by atoms with Gasteiger partial charge in [-0.25, -0.2) is 9.59 Å². The second kappa shape index (κ2) is 11.6. The lowest BCUT2D eigenvalue weighted by Crippen LogP contribution is -2.45. The van der Waals surface area contributed by atoms with Gasteiger partial charge in [-0.05, 0) is 59.6 Å². The van der Waals surface area contributed by atoms with Crippen molar-refractivity contribution in [2.24, 2.45) is 0 Å². The normalized spacial score (nSPS) is 14.5. The third kappa shape index (κ3) is 9.62. The van der Waals surface area contributed by atoms with Crippen LogP contribution in [0.15, 0.2) is 30.3 Å². The third-order valence-corrected chi connectivity index (χ3v) is 4.04. The minimum absolute atomic E-state index is 0.308. The Kier molecular flexibility index (Phi) is 9.83. The van der Waals surface area contributed by atoms with Gasteiger partial charge in [0.1, 0.15) is 29.6 Å². The molecule has 158 valence electrons. The SMILES string of the molecule is CCCCC[C@H](OC(=O)[C@H](C)NC(=O)OC(C)(C)C)[C@H](C)Oc1ccccc1. The lowest BCUT2D eigenvalue weighted by molar-refractivity contribution is -0.156. The summed E-state index contributed by atoms with van der Waals surface area (Å²) in [6, 6.07) is 8.63. The number of nitrogens with one attached hydrogen (secondary N) is 1. The van der Waals surface area contributed by atoms with Gasteiger partial charge in [-0.15, -0.1) is 0 Å². The number of unbranched alkanes of at least 4 members (excludes halogenated alkanes) is 2. The highest BCUT2D eigenvalue weighted by Gasteiger charge is 2.27. The molecule has 0 aromatic heterocycles. The molecule has 28 heavy (non-hydrogen) atoms. The van der Waals surface area contributed by atoms with Gasteiger partial charge in [-0.2, -0.15) is 0 Å². The van der Waals surface area contributed by atoms with E-state index < -0.39 is 29.8 Å². The predicted molar refractivity (Wildman–Crippen MR) is 109 cm³/mol. The van der Waals surface area contributed by atoms with Crippen LogP contribution in [0.25, 0.3) is 0 Å². The van der Waals surface area contributed by atoms with Gasteiger partial charge in [0.05, 0.1) is 0 Å². The van der Waals surface area contributed by atoms with E-state index in [-0.39, 0.29) is 6.10 Å². The molecule has 0 saturated carbocycles.